The summed E-state index contributed by atoms with van der Waals surface area (Å²) in [7, 11) is 1.82. The molecule has 23 heavy (non-hydrogen) atoms. The third-order valence-corrected chi connectivity index (χ3v) is 6.19. The number of carbonyl (C=O) groups excluding carboxylic acids is 2. The molecule has 2 aliphatic rings. The van der Waals surface area contributed by atoms with Gasteiger partial charge >= 0.3 is 6.03 Å². The number of urea groups is 1. The monoisotopic (exact) mass is 400 g/mol. The fourth-order valence-corrected chi connectivity index (χ4v) is 4.53. The second kappa shape index (κ2) is 6.78. The number of hydrogen-bond acceptors (Lipinski definition) is 4. The number of hydrogen-bond donors (Lipinski definition) is 1. The number of carbonyl (C=O) groups is 2. The van der Waals surface area contributed by atoms with Crippen LogP contribution in [-0.4, -0.2) is 71.9 Å². The van der Waals surface area contributed by atoms with E-state index in [9.17, 15) is 9.59 Å². The van der Waals surface area contributed by atoms with Gasteiger partial charge in [0.05, 0.1) is 14.7 Å². The van der Waals surface area contributed by atoms with Crippen LogP contribution in [0.25, 0.3) is 0 Å². The lowest BCUT2D eigenvalue weighted by molar-refractivity contribution is 0.0740. The summed E-state index contributed by atoms with van der Waals surface area (Å²) in [6.07, 6.45) is 1.69. The molecule has 2 fully saturated rings. The molecule has 0 spiro atoms. The Morgan fingerprint density at radius 2 is 1.96 bits per heavy atom. The highest BCUT2D eigenvalue weighted by atomic mass is 79.9. The molecule has 2 aliphatic heterocycles. The Morgan fingerprint density at radius 1 is 1.26 bits per heavy atom. The number of thiophene rings is 1. The topological polar surface area (TPSA) is 69.9 Å². The van der Waals surface area contributed by atoms with Crippen LogP contribution in [0.3, 0.4) is 0 Å². The van der Waals surface area contributed by atoms with Crippen LogP contribution in [0, 0.1) is 0 Å². The van der Waals surface area contributed by atoms with E-state index in [2.05, 4.69) is 15.9 Å². The van der Waals surface area contributed by atoms with Crippen molar-refractivity contribution < 1.29 is 9.59 Å². The highest BCUT2D eigenvalue weighted by Gasteiger charge is 2.35. The average molecular weight is 401 g/mol. The number of nitrogens with zero attached hydrogens (tertiary/aromatic N) is 3. The van der Waals surface area contributed by atoms with Gasteiger partial charge in [-0.25, -0.2) is 4.79 Å². The lowest BCUT2D eigenvalue weighted by Crippen LogP contribution is -2.44. The largest absolute Gasteiger partial charge is 0.336 e. The van der Waals surface area contributed by atoms with Gasteiger partial charge in [-0.3, -0.25) is 4.79 Å². The first-order valence-corrected chi connectivity index (χ1v) is 9.38. The van der Waals surface area contributed by atoms with Gasteiger partial charge in [0.2, 0.25) is 0 Å². The first kappa shape index (κ1) is 16.7. The molecular weight excluding hydrogens is 380 g/mol. The summed E-state index contributed by atoms with van der Waals surface area (Å²) in [6.45, 7) is 2.66. The summed E-state index contributed by atoms with van der Waals surface area (Å²) in [4.78, 5) is 31.2. The maximum absolute atomic E-state index is 12.5. The lowest BCUT2D eigenvalue weighted by Gasteiger charge is -2.27. The van der Waals surface area contributed by atoms with Gasteiger partial charge < -0.3 is 20.4 Å². The highest BCUT2D eigenvalue weighted by molar-refractivity contribution is 9.11. The van der Waals surface area contributed by atoms with E-state index in [1.54, 1.807) is 4.90 Å². The van der Waals surface area contributed by atoms with E-state index in [1.807, 2.05) is 29.0 Å². The molecule has 0 saturated carbocycles. The Balaban J connectivity index is 1.58. The van der Waals surface area contributed by atoms with Gasteiger partial charge in [0.1, 0.15) is 0 Å². The fourth-order valence-electron chi connectivity index (χ4n) is 3.16. The zero-order valence-corrected chi connectivity index (χ0v) is 15.5. The Morgan fingerprint density at radius 3 is 2.57 bits per heavy atom. The Labute approximate surface area is 148 Å². The van der Waals surface area contributed by atoms with E-state index >= 15 is 0 Å². The molecule has 0 aliphatic carbocycles. The van der Waals surface area contributed by atoms with Crippen LogP contribution in [0.15, 0.2) is 15.9 Å². The molecule has 3 rings (SSSR count). The quantitative estimate of drug-likeness (QED) is 0.822. The third kappa shape index (κ3) is 3.54. The predicted octanol–water partition coefficient (Wildman–Crippen LogP) is 1.81. The standard InChI is InChI=1S/C15H21BrN4O2S/c1-18(14(21)12-2-3-13(16)23-12)11-5-7-20(9-11)15(22)19-6-4-10(17)8-19/h2-3,10-11H,4-9,17H2,1H3/t10-,11+/m1/s1. The van der Waals surface area contributed by atoms with Crippen molar-refractivity contribution in [3.63, 3.8) is 0 Å². The summed E-state index contributed by atoms with van der Waals surface area (Å²) >= 11 is 4.82. The average Bonchev–Trinajstić information content (AvgIpc) is 3.25. The zero-order valence-electron chi connectivity index (χ0n) is 13.1. The molecule has 1 aromatic rings. The smallest absolute Gasteiger partial charge is 0.320 e. The van der Waals surface area contributed by atoms with Crippen LogP contribution in [0.2, 0.25) is 0 Å². The molecule has 2 atom stereocenters. The van der Waals surface area contributed by atoms with E-state index in [0.29, 0.717) is 19.6 Å². The molecule has 0 aromatic carbocycles. The molecule has 0 bridgehead atoms. The first-order chi connectivity index (χ1) is 11.0. The molecule has 6 nitrogen and oxygen atoms in total. The number of likely N-dealkylation sites (tertiary alicyclic amines) is 2. The highest BCUT2D eigenvalue weighted by Crippen LogP contribution is 2.25. The maximum Gasteiger partial charge on any atom is 0.320 e. The van der Waals surface area contributed by atoms with E-state index in [4.69, 9.17) is 5.73 Å². The van der Waals surface area contributed by atoms with Crippen molar-refractivity contribution in [3.8, 4) is 0 Å². The van der Waals surface area contributed by atoms with Gasteiger partial charge in [0, 0.05) is 39.3 Å². The van der Waals surface area contributed by atoms with Crippen molar-refractivity contribution in [3.05, 3.63) is 20.8 Å². The van der Waals surface area contributed by atoms with Crippen LogP contribution < -0.4 is 5.73 Å². The van der Waals surface area contributed by atoms with Crippen LogP contribution in [0.5, 0.6) is 0 Å². The minimum atomic E-state index is 0.0168. The first-order valence-electron chi connectivity index (χ1n) is 7.77. The Kier molecular flexibility index (Phi) is 4.93. The minimum absolute atomic E-state index is 0.0168. The Bertz CT molecular complexity index is 608. The zero-order chi connectivity index (χ0) is 16.6. The number of halogens is 1. The van der Waals surface area contributed by atoms with Gasteiger partial charge in [0.15, 0.2) is 0 Å². The van der Waals surface area contributed by atoms with E-state index in [0.717, 1.165) is 28.0 Å². The molecule has 0 unspecified atom stereocenters. The van der Waals surface area contributed by atoms with Gasteiger partial charge in [-0.1, -0.05) is 0 Å². The molecule has 1 aromatic heterocycles. The summed E-state index contributed by atoms with van der Waals surface area (Å²) < 4.78 is 0.947. The Hall–Kier alpha value is -1.12. The predicted molar refractivity (Wildman–Crippen MR) is 93.7 cm³/mol. The van der Waals surface area contributed by atoms with E-state index in [1.165, 1.54) is 11.3 Å². The maximum atomic E-state index is 12.5. The molecule has 8 heteroatoms. The molecule has 126 valence electrons. The SMILES string of the molecule is CN(C(=O)c1ccc(Br)s1)[C@H]1CCN(C(=O)N2CC[C@@H](N)C2)C1. The normalized spacial score (nSPS) is 24.3. The van der Waals surface area contributed by atoms with Crippen LogP contribution in [0.1, 0.15) is 22.5 Å². The molecular formula is C15H21BrN4O2S. The van der Waals surface area contributed by atoms with Crippen molar-refractivity contribution in [2.75, 3.05) is 33.2 Å². The lowest BCUT2D eigenvalue weighted by atomic mass is 10.2. The second-order valence-electron chi connectivity index (χ2n) is 6.19. The summed E-state index contributed by atoms with van der Waals surface area (Å²) in [6, 6.07) is 3.94. The van der Waals surface area contributed by atoms with Crippen molar-refractivity contribution in [2.24, 2.45) is 5.73 Å². The summed E-state index contributed by atoms with van der Waals surface area (Å²) in [5.74, 6) is 0.0168. The van der Waals surface area contributed by atoms with Crippen molar-refractivity contribution in [2.45, 2.75) is 24.9 Å². The number of nitrogens with two attached hydrogens (primary N) is 1. The minimum Gasteiger partial charge on any atom is -0.336 e. The van der Waals surface area contributed by atoms with Gasteiger partial charge in [0.25, 0.3) is 5.91 Å². The van der Waals surface area contributed by atoms with Crippen molar-refractivity contribution >= 4 is 39.2 Å². The third-order valence-electron chi connectivity index (χ3n) is 4.58. The second-order valence-corrected chi connectivity index (χ2v) is 8.65. The number of amides is 3. The fraction of sp³-hybridized carbons (Fsp3) is 0.600. The molecule has 2 N–H and O–H groups in total. The number of rotatable bonds is 2. The number of likely N-dealkylation sites (N-methyl/N-ethyl adjacent to an activating group) is 1. The van der Waals surface area contributed by atoms with E-state index in [-0.39, 0.29) is 24.0 Å². The van der Waals surface area contributed by atoms with Crippen molar-refractivity contribution in [1.29, 1.82) is 0 Å². The van der Waals surface area contributed by atoms with Gasteiger partial charge in [-0.05, 0) is 40.9 Å². The summed E-state index contributed by atoms with van der Waals surface area (Å²) in [5.41, 5.74) is 5.88. The molecule has 2 saturated heterocycles. The van der Waals surface area contributed by atoms with Crippen molar-refractivity contribution in [1.82, 2.24) is 14.7 Å². The summed E-state index contributed by atoms with van der Waals surface area (Å²) in [5, 5.41) is 0. The van der Waals surface area contributed by atoms with Gasteiger partial charge in [-0.15, -0.1) is 11.3 Å². The molecule has 3 heterocycles. The van der Waals surface area contributed by atoms with Gasteiger partial charge in [-0.2, -0.15) is 0 Å². The molecule has 0 radical (unpaired) electrons. The molecule has 3 amide bonds. The van der Waals surface area contributed by atoms with Crippen LogP contribution in [0.4, 0.5) is 4.79 Å². The van der Waals surface area contributed by atoms with E-state index < -0.39 is 0 Å². The van der Waals surface area contributed by atoms with Crippen LogP contribution >= 0.6 is 27.3 Å². The van der Waals surface area contributed by atoms with Crippen LogP contribution in [-0.2, 0) is 0 Å².